The van der Waals surface area contributed by atoms with Crippen LogP contribution in [0.1, 0.15) is 21.7 Å². The lowest BCUT2D eigenvalue weighted by Gasteiger charge is -2.12. The van der Waals surface area contributed by atoms with Crippen LogP contribution in [0.5, 0.6) is 0 Å². The summed E-state index contributed by atoms with van der Waals surface area (Å²) < 4.78 is 5.28. The van der Waals surface area contributed by atoms with Gasteiger partial charge in [0.1, 0.15) is 6.33 Å². The van der Waals surface area contributed by atoms with Gasteiger partial charge >= 0.3 is 0 Å². The topological polar surface area (TPSA) is 72.1 Å². The lowest BCUT2D eigenvalue weighted by Crippen LogP contribution is -2.25. The summed E-state index contributed by atoms with van der Waals surface area (Å²) in [5.74, 6) is 0.421. The largest absolute Gasteiger partial charge is 0.355 e. The molecule has 0 fully saturated rings. The first-order chi connectivity index (χ1) is 10.8. The van der Waals surface area contributed by atoms with Crippen LogP contribution < -0.4 is 0 Å². The van der Waals surface area contributed by atoms with E-state index < -0.39 is 0 Å². The van der Waals surface area contributed by atoms with Crippen molar-refractivity contribution in [3.63, 3.8) is 0 Å². The molecule has 3 heterocycles. The number of amides is 1. The van der Waals surface area contributed by atoms with E-state index in [0.717, 1.165) is 16.8 Å². The van der Waals surface area contributed by atoms with Crippen molar-refractivity contribution in [1.82, 2.24) is 20.0 Å². The number of nitrogens with zero attached hydrogens (tertiary/aromatic N) is 4. The van der Waals surface area contributed by atoms with Crippen LogP contribution in [0.2, 0.25) is 0 Å². The Labute approximate surface area is 126 Å². The zero-order valence-corrected chi connectivity index (χ0v) is 11.6. The maximum atomic E-state index is 12.5. The first-order valence-electron chi connectivity index (χ1n) is 6.90. The minimum atomic E-state index is -0.163. The molecule has 108 valence electrons. The first-order valence-corrected chi connectivity index (χ1v) is 6.90. The maximum Gasteiger partial charge on any atom is 0.276 e. The highest BCUT2D eigenvalue weighted by Gasteiger charge is 2.27. The molecule has 0 aliphatic carbocycles. The molecule has 0 bridgehead atoms. The molecule has 0 spiro atoms. The highest BCUT2D eigenvalue weighted by molar-refractivity contribution is 5.93. The molecular formula is C16H12N4O2. The minimum absolute atomic E-state index is 0.163. The van der Waals surface area contributed by atoms with Crippen molar-refractivity contribution >= 4 is 5.91 Å². The van der Waals surface area contributed by atoms with Crippen LogP contribution in [-0.4, -0.2) is 25.9 Å². The van der Waals surface area contributed by atoms with Gasteiger partial charge in [-0.05, 0) is 0 Å². The number of carbonyl (C=O) groups is 1. The van der Waals surface area contributed by atoms with Gasteiger partial charge in [0.2, 0.25) is 0 Å². The number of aromatic nitrogens is 3. The summed E-state index contributed by atoms with van der Waals surface area (Å²) in [5.41, 5.74) is 3.06. The SMILES string of the molecule is O=C(c1cc(-c2ccccc2)on1)N1Cc2cncnc2C1. The average molecular weight is 292 g/mol. The van der Waals surface area contributed by atoms with Gasteiger partial charge in [0.25, 0.3) is 5.91 Å². The highest BCUT2D eigenvalue weighted by atomic mass is 16.5. The number of fused-ring (bicyclic) bond motifs is 1. The van der Waals surface area contributed by atoms with Crippen LogP contribution in [0.3, 0.4) is 0 Å². The standard InChI is InChI=1S/C16H12N4O2/c21-16(20-8-12-7-17-10-18-14(12)9-20)13-6-15(22-19-13)11-4-2-1-3-5-11/h1-7,10H,8-9H2. The Bertz CT molecular complexity index is 804. The van der Waals surface area contributed by atoms with E-state index in [4.69, 9.17) is 4.52 Å². The van der Waals surface area contributed by atoms with Gasteiger partial charge in [-0.25, -0.2) is 9.97 Å². The van der Waals surface area contributed by atoms with Crippen molar-refractivity contribution in [1.29, 1.82) is 0 Å². The Kier molecular flexibility index (Phi) is 2.93. The maximum absolute atomic E-state index is 12.5. The third-order valence-corrected chi connectivity index (χ3v) is 3.66. The molecular weight excluding hydrogens is 280 g/mol. The van der Waals surface area contributed by atoms with E-state index in [1.165, 1.54) is 6.33 Å². The van der Waals surface area contributed by atoms with Crippen LogP contribution in [-0.2, 0) is 13.1 Å². The second-order valence-corrected chi connectivity index (χ2v) is 5.10. The van der Waals surface area contributed by atoms with E-state index in [0.29, 0.717) is 24.5 Å². The normalized spacial score (nSPS) is 13.2. The second-order valence-electron chi connectivity index (χ2n) is 5.10. The Hall–Kier alpha value is -3.02. The fraction of sp³-hybridized carbons (Fsp3) is 0.125. The quantitative estimate of drug-likeness (QED) is 0.724. The number of carbonyl (C=O) groups excluding carboxylic acids is 1. The molecule has 22 heavy (non-hydrogen) atoms. The minimum Gasteiger partial charge on any atom is -0.355 e. The second kappa shape index (κ2) is 5.07. The van der Waals surface area contributed by atoms with E-state index >= 15 is 0 Å². The number of benzene rings is 1. The van der Waals surface area contributed by atoms with E-state index in [2.05, 4.69) is 15.1 Å². The lowest BCUT2D eigenvalue weighted by molar-refractivity contribution is 0.0740. The van der Waals surface area contributed by atoms with Gasteiger partial charge in [-0.1, -0.05) is 35.5 Å². The summed E-state index contributed by atoms with van der Waals surface area (Å²) in [6.45, 7) is 0.979. The third-order valence-electron chi connectivity index (χ3n) is 3.66. The summed E-state index contributed by atoms with van der Waals surface area (Å²) in [5, 5.41) is 3.90. The molecule has 6 heteroatoms. The van der Waals surface area contributed by atoms with E-state index in [1.807, 2.05) is 30.3 Å². The van der Waals surface area contributed by atoms with Crippen LogP contribution in [0.15, 0.2) is 53.4 Å². The third kappa shape index (κ3) is 2.14. The van der Waals surface area contributed by atoms with Crippen molar-refractivity contribution in [2.45, 2.75) is 13.1 Å². The molecule has 0 radical (unpaired) electrons. The number of hydrogen-bond donors (Lipinski definition) is 0. The molecule has 0 saturated heterocycles. The fourth-order valence-electron chi connectivity index (χ4n) is 2.52. The summed E-state index contributed by atoms with van der Waals surface area (Å²) in [6.07, 6.45) is 3.24. The van der Waals surface area contributed by atoms with Crippen molar-refractivity contribution in [3.8, 4) is 11.3 Å². The van der Waals surface area contributed by atoms with Crippen molar-refractivity contribution < 1.29 is 9.32 Å². The summed E-state index contributed by atoms with van der Waals surface area (Å²) >= 11 is 0. The lowest BCUT2D eigenvalue weighted by atomic mass is 10.1. The summed E-state index contributed by atoms with van der Waals surface area (Å²) in [7, 11) is 0. The molecule has 1 aliphatic heterocycles. The Morgan fingerprint density at radius 3 is 2.86 bits per heavy atom. The number of hydrogen-bond acceptors (Lipinski definition) is 5. The zero-order chi connectivity index (χ0) is 14.9. The van der Waals surface area contributed by atoms with Crippen LogP contribution in [0, 0.1) is 0 Å². The van der Waals surface area contributed by atoms with Gasteiger partial charge in [0, 0.05) is 29.9 Å². The van der Waals surface area contributed by atoms with Gasteiger partial charge < -0.3 is 9.42 Å². The van der Waals surface area contributed by atoms with E-state index in [-0.39, 0.29) is 5.91 Å². The van der Waals surface area contributed by atoms with Crippen LogP contribution in [0.25, 0.3) is 11.3 Å². The Morgan fingerprint density at radius 1 is 1.18 bits per heavy atom. The molecule has 1 aliphatic rings. The summed E-state index contributed by atoms with van der Waals surface area (Å²) in [6, 6.07) is 11.2. The van der Waals surface area contributed by atoms with Crippen LogP contribution in [0.4, 0.5) is 0 Å². The molecule has 2 aromatic heterocycles. The molecule has 0 unspecified atom stereocenters. The monoisotopic (exact) mass is 292 g/mol. The molecule has 1 aromatic carbocycles. The average Bonchev–Trinajstić information content (AvgIpc) is 3.22. The molecule has 0 saturated carbocycles. The Balaban J connectivity index is 1.57. The molecule has 0 atom stereocenters. The van der Waals surface area contributed by atoms with E-state index in [1.54, 1.807) is 17.2 Å². The van der Waals surface area contributed by atoms with Crippen molar-refractivity contribution in [3.05, 3.63) is 65.9 Å². The first kappa shape index (κ1) is 12.7. The van der Waals surface area contributed by atoms with Crippen molar-refractivity contribution in [2.24, 2.45) is 0 Å². The summed E-state index contributed by atoms with van der Waals surface area (Å²) in [4.78, 5) is 22.4. The van der Waals surface area contributed by atoms with Gasteiger partial charge in [-0.15, -0.1) is 0 Å². The van der Waals surface area contributed by atoms with E-state index in [9.17, 15) is 4.79 Å². The fourth-order valence-corrected chi connectivity index (χ4v) is 2.52. The van der Waals surface area contributed by atoms with Crippen molar-refractivity contribution in [2.75, 3.05) is 0 Å². The smallest absolute Gasteiger partial charge is 0.276 e. The van der Waals surface area contributed by atoms with Gasteiger partial charge in [0.15, 0.2) is 11.5 Å². The van der Waals surface area contributed by atoms with Gasteiger partial charge in [-0.3, -0.25) is 4.79 Å². The number of rotatable bonds is 2. The highest BCUT2D eigenvalue weighted by Crippen LogP contribution is 2.24. The molecule has 4 rings (SSSR count). The van der Waals surface area contributed by atoms with Gasteiger partial charge in [-0.2, -0.15) is 0 Å². The molecule has 1 amide bonds. The zero-order valence-electron chi connectivity index (χ0n) is 11.6. The molecule has 0 N–H and O–H groups in total. The molecule has 3 aromatic rings. The van der Waals surface area contributed by atoms with Gasteiger partial charge in [0.05, 0.1) is 12.2 Å². The predicted molar refractivity (Wildman–Crippen MR) is 77.5 cm³/mol. The predicted octanol–water partition coefficient (Wildman–Crippen LogP) is 2.29. The molecule has 6 nitrogen and oxygen atoms in total. The van der Waals surface area contributed by atoms with Crippen LogP contribution >= 0.6 is 0 Å². The Morgan fingerprint density at radius 2 is 2.05 bits per heavy atom.